The summed E-state index contributed by atoms with van der Waals surface area (Å²) in [5.74, 6) is -0.254. The van der Waals surface area contributed by atoms with Crippen LogP contribution in [-0.4, -0.2) is 56.1 Å². The van der Waals surface area contributed by atoms with E-state index >= 15 is 0 Å². The summed E-state index contributed by atoms with van der Waals surface area (Å²) in [6.45, 7) is 4.69. The second kappa shape index (κ2) is 16.2. The van der Waals surface area contributed by atoms with E-state index in [2.05, 4.69) is 22.5 Å². The third kappa shape index (κ3) is 8.68. The maximum Gasteiger partial charge on any atom is 0.412 e. The van der Waals surface area contributed by atoms with Crippen molar-refractivity contribution in [2.45, 2.75) is 65.0 Å². The average Bonchev–Trinajstić information content (AvgIpc) is 3.37. The molecule has 1 unspecified atom stereocenters. The summed E-state index contributed by atoms with van der Waals surface area (Å²) in [4.78, 5) is 47.9. The number of rotatable bonds is 15. The number of hydrogen-bond donors (Lipinski definition) is 4. The van der Waals surface area contributed by atoms with Gasteiger partial charge in [-0.25, -0.2) is 14.8 Å². The van der Waals surface area contributed by atoms with Gasteiger partial charge in [-0.2, -0.15) is 0 Å². The number of nitrogens with zero attached hydrogens (tertiary/aromatic N) is 4. The molecule has 2 aromatic heterocycles. The molecule has 1 atom stereocenters. The number of pyridine rings is 1. The number of imidazole rings is 1. The van der Waals surface area contributed by atoms with Crippen LogP contribution in [0.5, 0.6) is 0 Å². The smallest absolute Gasteiger partial charge is 0.412 e. The third-order valence-corrected chi connectivity index (χ3v) is 7.66. The number of carboxylic acid groups (broad SMARTS) is 1. The van der Waals surface area contributed by atoms with Crippen molar-refractivity contribution in [3.05, 3.63) is 83.8 Å². The number of amidine groups is 1. The Balaban J connectivity index is 1.42. The number of hydrogen-bond acceptors (Lipinski definition) is 8. The van der Waals surface area contributed by atoms with Crippen molar-refractivity contribution in [2.75, 3.05) is 16.8 Å². The fraction of sp³-hybridized carbons (Fsp3) is 0.353. The molecule has 0 radical (unpaired) electrons. The Bertz CT molecular complexity index is 1650. The highest BCUT2D eigenvalue weighted by Gasteiger charge is 2.28. The molecular formula is C34H41N7O5. The number of amides is 2. The maximum atomic E-state index is 13.8. The zero-order chi connectivity index (χ0) is 33.1. The van der Waals surface area contributed by atoms with Crippen molar-refractivity contribution in [1.82, 2.24) is 19.9 Å². The molecule has 12 nitrogen and oxygen atoms in total. The van der Waals surface area contributed by atoms with Crippen LogP contribution < -0.4 is 15.5 Å². The Kier molecular flexibility index (Phi) is 11.8. The van der Waals surface area contributed by atoms with Crippen LogP contribution in [-0.2, 0) is 23.1 Å². The maximum absolute atomic E-state index is 13.8. The summed E-state index contributed by atoms with van der Waals surface area (Å²) in [6, 6.07) is 17.0. The van der Waals surface area contributed by atoms with Crippen LogP contribution in [0.4, 0.5) is 16.3 Å². The molecule has 0 spiro atoms. The highest BCUT2D eigenvalue weighted by Crippen LogP contribution is 2.24. The zero-order valence-corrected chi connectivity index (χ0v) is 26.5. The minimum absolute atomic E-state index is 0.0411. The van der Waals surface area contributed by atoms with Crippen molar-refractivity contribution >= 4 is 46.3 Å². The number of nitrogens with one attached hydrogen (secondary N) is 3. The molecule has 0 aliphatic carbocycles. The van der Waals surface area contributed by atoms with E-state index in [0.29, 0.717) is 42.0 Å². The van der Waals surface area contributed by atoms with Crippen molar-refractivity contribution in [3.8, 4) is 0 Å². The lowest BCUT2D eigenvalue weighted by molar-refractivity contribution is -0.137. The van der Waals surface area contributed by atoms with Gasteiger partial charge in [-0.05, 0) is 67.4 Å². The Labute approximate surface area is 268 Å². The number of carboxylic acids is 1. The van der Waals surface area contributed by atoms with Crippen LogP contribution in [0.2, 0.25) is 0 Å². The minimum atomic E-state index is -0.990. The van der Waals surface area contributed by atoms with Gasteiger partial charge in [0.05, 0.1) is 30.6 Å². The first-order chi connectivity index (χ1) is 22.2. The van der Waals surface area contributed by atoms with Crippen LogP contribution in [0.15, 0.2) is 66.9 Å². The van der Waals surface area contributed by atoms with Crippen LogP contribution in [0.3, 0.4) is 0 Å². The van der Waals surface area contributed by atoms with Crippen LogP contribution in [0.25, 0.3) is 11.0 Å². The molecule has 0 fully saturated rings. The van der Waals surface area contributed by atoms with Crippen LogP contribution in [0, 0.1) is 5.41 Å². The topological polar surface area (TPSA) is 163 Å². The molecule has 4 aromatic rings. The first-order valence-electron chi connectivity index (χ1n) is 15.5. The predicted molar refractivity (Wildman–Crippen MR) is 177 cm³/mol. The number of aromatic nitrogens is 3. The third-order valence-electron chi connectivity index (χ3n) is 7.66. The van der Waals surface area contributed by atoms with E-state index in [1.165, 1.54) is 4.90 Å². The molecule has 46 heavy (non-hydrogen) atoms. The number of benzene rings is 2. The molecule has 12 heteroatoms. The van der Waals surface area contributed by atoms with E-state index in [1.54, 1.807) is 48.7 Å². The standard InChI is InChI=1S/C34H41N7O5/c1-4-6-7-10-19-46-34(45)39-32(35)23-12-15-25(16-13-23)37-22-30-38-27-20-24(14-17-28(27)40(30)3)33(44)41(26(5-2)21-31(42)43)29-11-8-9-18-36-29/h8-9,11-18,20,26,37H,4-7,10,19,21-22H2,1-3H3,(H,42,43)(H2,35,39,45). The Morgan fingerprint density at radius 1 is 1.02 bits per heavy atom. The lowest BCUT2D eigenvalue weighted by Gasteiger charge is -2.29. The Morgan fingerprint density at radius 2 is 1.78 bits per heavy atom. The molecule has 2 heterocycles. The molecular weight excluding hydrogens is 586 g/mol. The second-order valence-corrected chi connectivity index (χ2v) is 10.9. The van der Waals surface area contributed by atoms with E-state index < -0.39 is 18.1 Å². The summed E-state index contributed by atoms with van der Waals surface area (Å²) < 4.78 is 7.09. The van der Waals surface area contributed by atoms with Crippen LogP contribution >= 0.6 is 0 Å². The Hall–Kier alpha value is -5.26. The number of fused-ring (bicyclic) bond motifs is 1. The summed E-state index contributed by atoms with van der Waals surface area (Å²) in [5.41, 5.74) is 3.19. The van der Waals surface area contributed by atoms with Gasteiger partial charge in [0.25, 0.3) is 5.91 Å². The van der Waals surface area contributed by atoms with Gasteiger partial charge in [-0.3, -0.25) is 25.2 Å². The number of ether oxygens (including phenoxy) is 1. The van der Waals surface area contributed by atoms with Crippen molar-refractivity contribution in [2.24, 2.45) is 7.05 Å². The second-order valence-electron chi connectivity index (χ2n) is 10.9. The van der Waals surface area contributed by atoms with E-state index in [9.17, 15) is 19.5 Å². The number of carbonyl (C=O) groups excluding carboxylic acids is 2. The number of aliphatic carboxylic acids is 1. The number of alkyl carbamates (subject to hydrolysis) is 1. The zero-order valence-electron chi connectivity index (χ0n) is 26.5. The van der Waals surface area contributed by atoms with Gasteiger partial charge in [0, 0.05) is 36.1 Å². The highest BCUT2D eigenvalue weighted by atomic mass is 16.5. The van der Waals surface area contributed by atoms with Crippen molar-refractivity contribution in [3.63, 3.8) is 0 Å². The monoisotopic (exact) mass is 627 g/mol. The van der Waals surface area contributed by atoms with E-state index in [0.717, 1.165) is 42.7 Å². The van der Waals surface area contributed by atoms with Gasteiger partial charge in [-0.15, -0.1) is 0 Å². The molecule has 2 aromatic carbocycles. The van der Waals surface area contributed by atoms with Crippen LogP contribution in [0.1, 0.15) is 74.1 Å². The minimum Gasteiger partial charge on any atom is -0.481 e. The number of anilines is 2. The predicted octanol–water partition coefficient (Wildman–Crippen LogP) is 6.11. The van der Waals surface area contributed by atoms with Gasteiger partial charge < -0.3 is 19.7 Å². The lowest BCUT2D eigenvalue weighted by Crippen LogP contribution is -2.42. The Morgan fingerprint density at radius 3 is 2.46 bits per heavy atom. The van der Waals surface area contributed by atoms with Gasteiger partial charge in [0.15, 0.2) is 0 Å². The highest BCUT2D eigenvalue weighted by molar-refractivity contribution is 6.08. The molecule has 4 rings (SSSR count). The molecule has 0 bridgehead atoms. The molecule has 0 saturated carbocycles. The molecule has 2 amide bonds. The molecule has 0 aliphatic heterocycles. The average molecular weight is 628 g/mol. The SMILES string of the molecule is CCCCCCOC(=O)NC(=N)c1ccc(NCc2nc3cc(C(=O)N(c4ccccn4)C(CC)CC(=O)O)ccc3n2C)cc1. The fourth-order valence-electron chi connectivity index (χ4n) is 5.09. The molecule has 0 aliphatic rings. The first kappa shape index (κ1) is 33.6. The van der Waals surface area contributed by atoms with Gasteiger partial charge in [0.2, 0.25) is 0 Å². The molecule has 0 saturated heterocycles. The van der Waals surface area contributed by atoms with Gasteiger partial charge in [-0.1, -0.05) is 39.2 Å². The quantitative estimate of drug-likeness (QED) is 0.0697. The molecule has 4 N–H and O–H groups in total. The lowest BCUT2D eigenvalue weighted by atomic mass is 10.1. The summed E-state index contributed by atoms with van der Waals surface area (Å²) in [5, 5.41) is 23.5. The normalized spacial score (nSPS) is 11.5. The molecule has 242 valence electrons. The number of carbonyl (C=O) groups is 3. The van der Waals surface area contributed by atoms with Gasteiger partial charge in [0.1, 0.15) is 17.5 Å². The van der Waals surface area contributed by atoms with E-state index in [-0.39, 0.29) is 18.2 Å². The van der Waals surface area contributed by atoms with E-state index in [4.69, 9.17) is 15.1 Å². The fourth-order valence-corrected chi connectivity index (χ4v) is 5.09. The largest absolute Gasteiger partial charge is 0.481 e. The summed E-state index contributed by atoms with van der Waals surface area (Å²) in [7, 11) is 1.90. The summed E-state index contributed by atoms with van der Waals surface area (Å²) >= 11 is 0. The first-order valence-corrected chi connectivity index (χ1v) is 15.5. The van der Waals surface area contributed by atoms with Crippen molar-refractivity contribution in [1.29, 1.82) is 5.41 Å². The number of unbranched alkanes of at least 4 members (excludes halogenated alkanes) is 3. The summed E-state index contributed by atoms with van der Waals surface area (Å²) in [6.07, 6.45) is 5.20. The van der Waals surface area contributed by atoms with E-state index in [1.807, 2.05) is 36.7 Å². The van der Waals surface area contributed by atoms with Crippen molar-refractivity contribution < 1.29 is 24.2 Å². The van der Waals surface area contributed by atoms with Gasteiger partial charge >= 0.3 is 12.1 Å². The number of aryl methyl sites for hydroxylation is 1.